The fourth-order valence-electron chi connectivity index (χ4n) is 2.89. The van der Waals surface area contributed by atoms with Crippen molar-refractivity contribution >= 4 is 20.0 Å². The predicted molar refractivity (Wildman–Crippen MR) is 91.6 cm³/mol. The minimum Gasteiger partial charge on any atom is -0.385 e. The number of benzene rings is 1. The molecule has 2 rings (SSSR count). The summed E-state index contributed by atoms with van der Waals surface area (Å²) in [4.78, 5) is 0.201. The highest BCUT2D eigenvalue weighted by molar-refractivity contribution is 7.89. The van der Waals surface area contributed by atoms with Crippen molar-refractivity contribution in [3.8, 4) is 0 Å². The van der Waals surface area contributed by atoms with Crippen LogP contribution in [0.4, 0.5) is 0 Å². The molecule has 0 radical (unpaired) electrons. The summed E-state index contributed by atoms with van der Waals surface area (Å²) < 4.78 is 58.0. The first-order valence-corrected chi connectivity index (χ1v) is 11.0. The minimum absolute atomic E-state index is 0.201. The van der Waals surface area contributed by atoms with Crippen molar-refractivity contribution in [2.45, 2.75) is 29.7 Å². The monoisotopic (exact) mass is 376 g/mol. The van der Waals surface area contributed by atoms with E-state index in [-0.39, 0.29) is 4.90 Å². The van der Waals surface area contributed by atoms with Gasteiger partial charge in [0.15, 0.2) is 0 Å². The van der Waals surface area contributed by atoms with E-state index in [2.05, 4.69) is 4.72 Å². The number of nitrogens with one attached hydrogen (secondary N) is 1. The van der Waals surface area contributed by atoms with E-state index in [9.17, 15) is 16.8 Å². The van der Waals surface area contributed by atoms with Gasteiger partial charge in [-0.1, -0.05) is 18.2 Å². The lowest BCUT2D eigenvalue weighted by molar-refractivity contribution is 0.132. The van der Waals surface area contributed by atoms with Crippen LogP contribution in [0.1, 0.15) is 19.3 Å². The molecule has 0 amide bonds. The number of hydrogen-bond acceptors (Lipinski definition) is 5. The van der Waals surface area contributed by atoms with Gasteiger partial charge in [0.25, 0.3) is 0 Å². The highest BCUT2D eigenvalue weighted by Crippen LogP contribution is 2.29. The van der Waals surface area contributed by atoms with Gasteiger partial charge in [-0.25, -0.2) is 25.9 Å². The van der Waals surface area contributed by atoms with Crippen LogP contribution in [0.2, 0.25) is 0 Å². The molecule has 1 N–H and O–H groups in total. The van der Waals surface area contributed by atoms with Crippen molar-refractivity contribution in [2.75, 3.05) is 33.1 Å². The van der Waals surface area contributed by atoms with Crippen molar-refractivity contribution in [2.24, 2.45) is 0 Å². The van der Waals surface area contributed by atoms with Crippen LogP contribution in [-0.2, 0) is 24.8 Å². The average molecular weight is 377 g/mol. The Hall–Kier alpha value is -1.00. The van der Waals surface area contributed by atoms with E-state index >= 15 is 0 Å². The van der Waals surface area contributed by atoms with Crippen LogP contribution in [0.5, 0.6) is 0 Å². The van der Waals surface area contributed by atoms with E-state index in [1.165, 1.54) is 22.7 Å². The van der Waals surface area contributed by atoms with Gasteiger partial charge in [0.05, 0.1) is 11.2 Å². The van der Waals surface area contributed by atoms with E-state index in [0.29, 0.717) is 39.0 Å². The first-order chi connectivity index (χ1) is 11.2. The summed E-state index contributed by atoms with van der Waals surface area (Å²) in [5.41, 5.74) is -0.703. The normalized spacial score (nSPS) is 19.2. The molecule has 1 fully saturated rings. The minimum atomic E-state index is -3.68. The van der Waals surface area contributed by atoms with Crippen LogP contribution in [0.25, 0.3) is 0 Å². The predicted octanol–water partition coefficient (Wildman–Crippen LogP) is 0.796. The Kier molecular flexibility index (Phi) is 6.03. The molecular weight excluding hydrogens is 352 g/mol. The second-order valence-electron chi connectivity index (χ2n) is 6.10. The smallest absolute Gasteiger partial charge is 0.241 e. The summed E-state index contributed by atoms with van der Waals surface area (Å²) in [6.07, 6.45) is 2.49. The van der Waals surface area contributed by atoms with E-state index < -0.39 is 25.6 Å². The zero-order chi connectivity index (χ0) is 17.8. The van der Waals surface area contributed by atoms with Gasteiger partial charge in [-0.15, -0.1) is 0 Å². The number of ether oxygens (including phenoxy) is 1. The fraction of sp³-hybridized carbons (Fsp3) is 0.600. The van der Waals surface area contributed by atoms with E-state index in [0.717, 1.165) is 0 Å². The lowest BCUT2D eigenvalue weighted by atomic mass is 9.86. The molecule has 1 aliphatic heterocycles. The fourth-order valence-corrected chi connectivity index (χ4v) is 5.25. The molecule has 1 aromatic rings. The van der Waals surface area contributed by atoms with Gasteiger partial charge in [0.1, 0.15) is 0 Å². The van der Waals surface area contributed by atoms with E-state index in [4.69, 9.17) is 4.74 Å². The Bertz CT molecular complexity index is 739. The molecule has 0 bridgehead atoms. The summed E-state index contributed by atoms with van der Waals surface area (Å²) in [5.74, 6) is 0. The molecule has 136 valence electrons. The van der Waals surface area contributed by atoms with Crippen molar-refractivity contribution < 1.29 is 21.6 Å². The Morgan fingerprint density at radius 2 is 1.71 bits per heavy atom. The molecule has 9 heteroatoms. The second kappa shape index (κ2) is 7.49. The molecule has 24 heavy (non-hydrogen) atoms. The number of piperidine rings is 1. The number of nitrogens with zero attached hydrogens (tertiary/aromatic N) is 1. The first-order valence-electron chi connectivity index (χ1n) is 7.72. The maximum absolute atomic E-state index is 12.7. The van der Waals surface area contributed by atoms with Gasteiger partial charge in [0.2, 0.25) is 20.0 Å². The molecule has 1 saturated heterocycles. The van der Waals surface area contributed by atoms with Gasteiger partial charge in [-0.2, -0.15) is 0 Å². The van der Waals surface area contributed by atoms with Gasteiger partial charge in [0, 0.05) is 32.3 Å². The van der Waals surface area contributed by atoms with Crippen molar-refractivity contribution in [3.63, 3.8) is 0 Å². The third-order valence-electron chi connectivity index (χ3n) is 4.34. The van der Waals surface area contributed by atoms with Crippen molar-refractivity contribution in [3.05, 3.63) is 30.3 Å². The number of hydrogen-bond donors (Lipinski definition) is 1. The number of rotatable bonds is 7. The van der Waals surface area contributed by atoms with Gasteiger partial charge in [-0.3, -0.25) is 0 Å². The van der Waals surface area contributed by atoms with Crippen molar-refractivity contribution in [1.29, 1.82) is 0 Å². The molecule has 0 aliphatic carbocycles. The van der Waals surface area contributed by atoms with Crippen LogP contribution in [-0.4, -0.2) is 59.7 Å². The Morgan fingerprint density at radius 1 is 1.12 bits per heavy atom. The molecule has 0 aromatic heterocycles. The van der Waals surface area contributed by atoms with Crippen molar-refractivity contribution in [1.82, 2.24) is 9.03 Å². The van der Waals surface area contributed by atoms with Crippen LogP contribution in [0, 0.1) is 0 Å². The van der Waals surface area contributed by atoms with E-state index in [1.807, 2.05) is 0 Å². The lowest BCUT2D eigenvalue weighted by Gasteiger charge is -2.41. The van der Waals surface area contributed by atoms with Crippen LogP contribution in [0.3, 0.4) is 0 Å². The molecule has 1 aromatic carbocycles. The summed E-state index contributed by atoms with van der Waals surface area (Å²) in [7, 11) is -5.38. The third kappa shape index (κ3) is 4.76. The van der Waals surface area contributed by atoms with Crippen LogP contribution < -0.4 is 4.72 Å². The highest BCUT2D eigenvalue weighted by atomic mass is 32.2. The standard InChI is InChI=1S/C15H24N2O5S2/c1-22-13-10-15(8-11-17(12-9-15)23(2,18)19)16-24(20,21)14-6-4-3-5-7-14/h3-7,16H,8-13H2,1-2H3. The molecule has 0 atom stereocenters. The number of sulfonamides is 2. The Morgan fingerprint density at radius 3 is 2.21 bits per heavy atom. The molecule has 0 unspecified atom stereocenters. The highest BCUT2D eigenvalue weighted by Gasteiger charge is 2.39. The first kappa shape index (κ1) is 19.3. The number of methoxy groups -OCH3 is 1. The molecule has 7 nitrogen and oxygen atoms in total. The Labute approximate surface area is 144 Å². The second-order valence-corrected chi connectivity index (χ2v) is 9.77. The maximum Gasteiger partial charge on any atom is 0.241 e. The quantitative estimate of drug-likeness (QED) is 0.760. The Balaban J connectivity index is 2.21. The zero-order valence-electron chi connectivity index (χ0n) is 13.9. The zero-order valence-corrected chi connectivity index (χ0v) is 15.6. The molecule has 1 heterocycles. The SMILES string of the molecule is COCCC1(NS(=O)(=O)c2ccccc2)CCN(S(C)(=O)=O)CC1. The average Bonchev–Trinajstić information content (AvgIpc) is 2.53. The largest absolute Gasteiger partial charge is 0.385 e. The lowest BCUT2D eigenvalue weighted by Crippen LogP contribution is -2.56. The summed E-state index contributed by atoms with van der Waals surface area (Å²) in [5, 5.41) is 0. The van der Waals surface area contributed by atoms with Crippen LogP contribution in [0.15, 0.2) is 35.2 Å². The van der Waals surface area contributed by atoms with Gasteiger partial charge in [-0.05, 0) is 31.4 Å². The topological polar surface area (TPSA) is 92.8 Å². The molecule has 0 spiro atoms. The van der Waals surface area contributed by atoms with E-state index in [1.54, 1.807) is 25.3 Å². The summed E-state index contributed by atoms with van der Waals surface area (Å²) in [6.45, 7) is 0.982. The third-order valence-corrected chi connectivity index (χ3v) is 7.24. The molecular formula is C15H24N2O5S2. The molecule has 0 saturated carbocycles. The maximum atomic E-state index is 12.7. The summed E-state index contributed by atoms with van der Waals surface area (Å²) in [6, 6.07) is 8.17. The van der Waals surface area contributed by atoms with Gasteiger partial charge >= 0.3 is 0 Å². The summed E-state index contributed by atoms with van der Waals surface area (Å²) >= 11 is 0. The van der Waals surface area contributed by atoms with Crippen LogP contribution >= 0.6 is 0 Å². The van der Waals surface area contributed by atoms with Gasteiger partial charge < -0.3 is 4.74 Å². The molecule has 1 aliphatic rings.